The van der Waals surface area contributed by atoms with Gasteiger partial charge in [0, 0.05) is 11.1 Å². The van der Waals surface area contributed by atoms with Gasteiger partial charge in [0.1, 0.15) is 0 Å². The Morgan fingerprint density at radius 3 is 1.83 bits per heavy atom. The van der Waals surface area contributed by atoms with Crippen LogP contribution in [0, 0.1) is 11.6 Å². The highest BCUT2D eigenvalue weighted by atomic mass is 19.2. The van der Waals surface area contributed by atoms with Crippen molar-refractivity contribution in [3.63, 3.8) is 0 Å². The van der Waals surface area contributed by atoms with E-state index in [1.807, 2.05) is 0 Å². The lowest BCUT2D eigenvalue weighted by molar-refractivity contribution is 0.134. The standard InChI is InChI=1S/C20H28F2O2/c1-3-5-6-8-14-10-12-16-15-11-9-13(7-4-2)23-19(15)17(21)18(22)20(16)24-14/h13-14H,3-12H2,1-2H3/t13-,14?/m0/s1. The van der Waals surface area contributed by atoms with Crippen molar-refractivity contribution in [2.24, 2.45) is 0 Å². The van der Waals surface area contributed by atoms with Gasteiger partial charge in [0.15, 0.2) is 11.5 Å². The van der Waals surface area contributed by atoms with Crippen molar-refractivity contribution in [1.29, 1.82) is 0 Å². The maximum absolute atomic E-state index is 14.6. The van der Waals surface area contributed by atoms with Gasteiger partial charge in [-0.2, -0.15) is 8.78 Å². The summed E-state index contributed by atoms with van der Waals surface area (Å²) in [6.45, 7) is 4.24. The predicted octanol–water partition coefficient (Wildman–Crippen LogP) is 5.73. The highest BCUT2D eigenvalue weighted by Crippen LogP contribution is 2.44. The number of hydrogen-bond acceptors (Lipinski definition) is 2. The zero-order chi connectivity index (χ0) is 17.1. The Hall–Kier alpha value is -1.32. The molecule has 134 valence electrons. The van der Waals surface area contributed by atoms with E-state index in [2.05, 4.69) is 13.8 Å². The highest BCUT2D eigenvalue weighted by molar-refractivity contribution is 5.52. The molecule has 2 aliphatic rings. The minimum Gasteiger partial charge on any atom is -0.487 e. The molecular formula is C20H28F2O2. The fourth-order valence-electron chi connectivity index (χ4n) is 3.93. The van der Waals surface area contributed by atoms with Gasteiger partial charge in [-0.3, -0.25) is 0 Å². The van der Waals surface area contributed by atoms with Crippen molar-refractivity contribution >= 4 is 0 Å². The molecular weight excluding hydrogens is 310 g/mol. The zero-order valence-corrected chi connectivity index (χ0v) is 14.8. The lowest BCUT2D eigenvalue weighted by atomic mass is 9.89. The van der Waals surface area contributed by atoms with Gasteiger partial charge < -0.3 is 9.47 Å². The van der Waals surface area contributed by atoms with E-state index >= 15 is 0 Å². The van der Waals surface area contributed by atoms with Crippen molar-refractivity contribution in [3.8, 4) is 11.5 Å². The molecule has 0 N–H and O–H groups in total. The number of halogens is 2. The maximum Gasteiger partial charge on any atom is 0.204 e. The Balaban J connectivity index is 1.83. The molecule has 3 rings (SSSR count). The molecule has 0 radical (unpaired) electrons. The first-order valence-electron chi connectivity index (χ1n) is 9.51. The number of benzene rings is 1. The van der Waals surface area contributed by atoms with E-state index in [-0.39, 0.29) is 23.7 Å². The molecule has 1 aromatic rings. The molecule has 24 heavy (non-hydrogen) atoms. The summed E-state index contributed by atoms with van der Waals surface area (Å²) in [5, 5.41) is 0. The average molecular weight is 338 g/mol. The van der Waals surface area contributed by atoms with Crippen LogP contribution in [0.5, 0.6) is 11.5 Å². The van der Waals surface area contributed by atoms with E-state index in [0.717, 1.165) is 75.3 Å². The number of hydrogen-bond donors (Lipinski definition) is 0. The molecule has 0 spiro atoms. The van der Waals surface area contributed by atoms with Crippen LogP contribution in [-0.4, -0.2) is 12.2 Å². The number of rotatable bonds is 6. The Bertz CT molecular complexity index is 586. The fourth-order valence-corrected chi connectivity index (χ4v) is 3.93. The Morgan fingerprint density at radius 1 is 0.792 bits per heavy atom. The maximum atomic E-state index is 14.6. The van der Waals surface area contributed by atoms with Gasteiger partial charge in [-0.25, -0.2) is 0 Å². The predicted molar refractivity (Wildman–Crippen MR) is 90.9 cm³/mol. The van der Waals surface area contributed by atoms with E-state index in [4.69, 9.17) is 9.47 Å². The van der Waals surface area contributed by atoms with Crippen LogP contribution in [0.25, 0.3) is 0 Å². The van der Waals surface area contributed by atoms with Crippen molar-refractivity contribution < 1.29 is 18.3 Å². The number of fused-ring (bicyclic) bond motifs is 3. The normalized spacial score (nSPS) is 22.3. The average Bonchev–Trinajstić information content (AvgIpc) is 2.60. The van der Waals surface area contributed by atoms with Gasteiger partial charge in [0.25, 0.3) is 0 Å². The lowest BCUT2D eigenvalue weighted by Gasteiger charge is -2.33. The van der Waals surface area contributed by atoms with Crippen LogP contribution in [0.15, 0.2) is 0 Å². The molecule has 0 saturated carbocycles. The molecule has 2 aliphatic heterocycles. The lowest BCUT2D eigenvalue weighted by Crippen LogP contribution is -2.29. The summed E-state index contributed by atoms with van der Waals surface area (Å²) in [7, 11) is 0. The van der Waals surface area contributed by atoms with E-state index in [1.165, 1.54) is 0 Å². The first-order valence-corrected chi connectivity index (χ1v) is 9.51. The molecule has 0 aliphatic carbocycles. The second-order valence-electron chi connectivity index (χ2n) is 7.08. The summed E-state index contributed by atoms with van der Waals surface area (Å²) in [6.07, 6.45) is 9.44. The van der Waals surface area contributed by atoms with E-state index in [0.29, 0.717) is 0 Å². The van der Waals surface area contributed by atoms with Crippen LogP contribution in [0.1, 0.15) is 76.3 Å². The van der Waals surface area contributed by atoms with Crippen molar-refractivity contribution in [3.05, 3.63) is 22.8 Å². The molecule has 0 amide bonds. The fraction of sp³-hybridized carbons (Fsp3) is 0.700. The summed E-state index contributed by atoms with van der Waals surface area (Å²) in [6, 6.07) is 0. The van der Waals surface area contributed by atoms with Crippen LogP contribution < -0.4 is 9.47 Å². The third-order valence-corrected chi connectivity index (χ3v) is 5.25. The first-order chi connectivity index (χ1) is 11.7. The van der Waals surface area contributed by atoms with Gasteiger partial charge in [-0.15, -0.1) is 0 Å². The molecule has 0 saturated heterocycles. The van der Waals surface area contributed by atoms with Gasteiger partial charge in [-0.05, 0) is 44.9 Å². The molecule has 4 heteroatoms. The first kappa shape index (κ1) is 17.5. The molecule has 2 nitrogen and oxygen atoms in total. The minimum absolute atomic E-state index is 0.000696. The third kappa shape index (κ3) is 3.38. The molecule has 1 unspecified atom stereocenters. The van der Waals surface area contributed by atoms with Crippen LogP contribution in [0.4, 0.5) is 8.78 Å². The molecule has 2 heterocycles. The second kappa shape index (κ2) is 7.71. The zero-order valence-electron chi connectivity index (χ0n) is 14.8. The van der Waals surface area contributed by atoms with Gasteiger partial charge in [0.2, 0.25) is 11.6 Å². The third-order valence-electron chi connectivity index (χ3n) is 5.25. The highest BCUT2D eigenvalue weighted by Gasteiger charge is 2.34. The van der Waals surface area contributed by atoms with Crippen LogP contribution in [0.3, 0.4) is 0 Å². The molecule has 0 aromatic heterocycles. The molecule has 1 aromatic carbocycles. The summed E-state index contributed by atoms with van der Waals surface area (Å²) in [5.74, 6) is -1.43. The Morgan fingerprint density at radius 2 is 1.33 bits per heavy atom. The SMILES string of the molecule is CCCCCC1CCc2c3c(c(F)c(F)c2O1)O[C@@H](CCC)CC3. The summed E-state index contributed by atoms with van der Waals surface area (Å²) in [4.78, 5) is 0. The van der Waals surface area contributed by atoms with Crippen LogP contribution in [-0.2, 0) is 12.8 Å². The quantitative estimate of drug-likeness (QED) is 0.616. The molecule has 2 atom stereocenters. The Kier molecular flexibility index (Phi) is 5.62. The van der Waals surface area contributed by atoms with Crippen molar-refractivity contribution in [2.45, 2.75) is 90.3 Å². The smallest absolute Gasteiger partial charge is 0.204 e. The van der Waals surface area contributed by atoms with E-state index in [9.17, 15) is 8.78 Å². The van der Waals surface area contributed by atoms with Crippen molar-refractivity contribution in [2.75, 3.05) is 0 Å². The van der Waals surface area contributed by atoms with E-state index < -0.39 is 11.6 Å². The monoisotopic (exact) mass is 338 g/mol. The summed E-state index contributed by atoms with van der Waals surface area (Å²) in [5.41, 5.74) is 1.67. The van der Waals surface area contributed by atoms with Gasteiger partial charge in [0.05, 0.1) is 12.2 Å². The minimum atomic E-state index is -0.862. The van der Waals surface area contributed by atoms with Crippen LogP contribution in [0.2, 0.25) is 0 Å². The van der Waals surface area contributed by atoms with E-state index in [1.54, 1.807) is 0 Å². The second-order valence-corrected chi connectivity index (χ2v) is 7.08. The topological polar surface area (TPSA) is 18.5 Å². The van der Waals surface area contributed by atoms with Crippen molar-refractivity contribution in [1.82, 2.24) is 0 Å². The molecule has 0 bridgehead atoms. The summed E-state index contributed by atoms with van der Waals surface area (Å²) < 4.78 is 40.8. The number of ether oxygens (including phenoxy) is 2. The van der Waals surface area contributed by atoms with Crippen LogP contribution >= 0.6 is 0 Å². The largest absolute Gasteiger partial charge is 0.487 e. The molecule has 0 fully saturated rings. The summed E-state index contributed by atoms with van der Waals surface area (Å²) >= 11 is 0. The number of unbranched alkanes of at least 4 members (excludes halogenated alkanes) is 2. The van der Waals surface area contributed by atoms with Gasteiger partial charge in [-0.1, -0.05) is 33.1 Å². The van der Waals surface area contributed by atoms with Gasteiger partial charge >= 0.3 is 0 Å². The Labute approximate surface area is 143 Å².